The number of nitrogens with zero attached hydrogens (tertiary/aromatic N) is 1. The number of aryl methyl sites for hydroxylation is 2. The van der Waals surface area contributed by atoms with Gasteiger partial charge in [0.15, 0.2) is 0 Å². The maximum atomic E-state index is 13.8. The summed E-state index contributed by atoms with van der Waals surface area (Å²) >= 11 is 0. The van der Waals surface area contributed by atoms with Crippen molar-refractivity contribution in [1.29, 1.82) is 0 Å². The third-order valence-electron chi connectivity index (χ3n) is 6.35. The molecule has 0 aliphatic heterocycles. The van der Waals surface area contributed by atoms with Crippen LogP contribution in [0.5, 0.6) is 0 Å². The fourth-order valence-electron chi connectivity index (χ4n) is 4.49. The molecule has 3 aromatic carbocycles. The molecule has 36 heavy (non-hydrogen) atoms. The predicted molar refractivity (Wildman–Crippen MR) is 137 cm³/mol. The second kappa shape index (κ2) is 9.53. The molecule has 0 saturated heterocycles. The van der Waals surface area contributed by atoms with Crippen molar-refractivity contribution in [2.75, 3.05) is 5.32 Å². The number of aromatic nitrogens is 1. The number of alkyl halides is 3. The van der Waals surface area contributed by atoms with Crippen molar-refractivity contribution in [3.63, 3.8) is 0 Å². The summed E-state index contributed by atoms with van der Waals surface area (Å²) in [6.07, 6.45) is -2.36. The van der Waals surface area contributed by atoms with Crippen LogP contribution in [0.25, 0.3) is 22.0 Å². The maximum absolute atomic E-state index is 13.8. The molecule has 0 unspecified atom stereocenters. The van der Waals surface area contributed by atoms with Gasteiger partial charge in [-0.25, -0.2) is 0 Å². The van der Waals surface area contributed by atoms with Gasteiger partial charge >= 0.3 is 6.18 Å². The normalized spacial score (nSPS) is 11.7. The summed E-state index contributed by atoms with van der Waals surface area (Å²) in [5.41, 5.74) is 4.67. The highest BCUT2D eigenvalue weighted by molar-refractivity contribution is 5.98. The number of para-hydroxylation sites is 1. The Morgan fingerprint density at radius 3 is 2.39 bits per heavy atom. The first-order valence-electron chi connectivity index (χ1n) is 11.7. The van der Waals surface area contributed by atoms with Gasteiger partial charge in [-0.05, 0) is 72.4 Å². The molecule has 0 fully saturated rings. The Kier molecular flexibility index (Phi) is 6.27. The minimum atomic E-state index is -4.49. The Balaban J connectivity index is 1.60. The maximum Gasteiger partial charge on any atom is 0.418 e. The first-order chi connectivity index (χ1) is 17.3. The molecule has 0 atom stereocenters. The Morgan fingerprint density at radius 1 is 0.889 bits per heavy atom. The van der Waals surface area contributed by atoms with E-state index in [1.165, 1.54) is 6.07 Å². The van der Waals surface area contributed by atoms with Crippen LogP contribution in [0.1, 0.15) is 33.8 Å². The van der Waals surface area contributed by atoms with E-state index in [2.05, 4.69) is 10.3 Å². The number of rotatable bonds is 6. The van der Waals surface area contributed by atoms with E-state index in [1.54, 1.807) is 12.3 Å². The molecule has 0 saturated carbocycles. The van der Waals surface area contributed by atoms with E-state index >= 15 is 0 Å². The van der Waals surface area contributed by atoms with Gasteiger partial charge in [0.2, 0.25) is 0 Å². The number of anilines is 1. The van der Waals surface area contributed by atoms with Crippen LogP contribution in [-0.2, 0) is 19.1 Å². The van der Waals surface area contributed by atoms with Gasteiger partial charge in [-0.3, -0.25) is 4.98 Å². The van der Waals surface area contributed by atoms with Crippen molar-refractivity contribution in [2.45, 2.75) is 33.0 Å². The van der Waals surface area contributed by atoms with Gasteiger partial charge in [-0.1, -0.05) is 54.6 Å². The highest BCUT2D eigenvalue weighted by atomic mass is 19.4. The van der Waals surface area contributed by atoms with Gasteiger partial charge in [-0.2, -0.15) is 13.2 Å². The number of pyridine rings is 1. The van der Waals surface area contributed by atoms with Gasteiger partial charge in [0.1, 0.15) is 11.5 Å². The summed E-state index contributed by atoms with van der Waals surface area (Å²) in [7, 11) is 0. The topological polar surface area (TPSA) is 38.1 Å². The average molecular weight is 487 g/mol. The van der Waals surface area contributed by atoms with Crippen LogP contribution >= 0.6 is 0 Å². The molecule has 2 heterocycles. The first-order valence-corrected chi connectivity index (χ1v) is 11.7. The number of hydrogen-bond acceptors (Lipinski definition) is 3. The van der Waals surface area contributed by atoms with Crippen molar-refractivity contribution < 1.29 is 17.6 Å². The van der Waals surface area contributed by atoms with E-state index in [0.29, 0.717) is 18.4 Å². The Bertz CT molecular complexity index is 1500. The summed E-state index contributed by atoms with van der Waals surface area (Å²) in [6.45, 7) is 4.43. The number of furan rings is 1. The van der Waals surface area contributed by atoms with Crippen molar-refractivity contribution in [3.8, 4) is 11.1 Å². The zero-order valence-corrected chi connectivity index (χ0v) is 20.0. The Labute approximate surface area is 207 Å². The van der Waals surface area contributed by atoms with Gasteiger partial charge < -0.3 is 9.73 Å². The number of fused-ring (bicyclic) bond motifs is 1. The second-order valence-electron chi connectivity index (χ2n) is 8.91. The van der Waals surface area contributed by atoms with Crippen LogP contribution in [0.2, 0.25) is 0 Å². The summed E-state index contributed by atoms with van der Waals surface area (Å²) in [5, 5.41) is 3.85. The lowest BCUT2D eigenvalue weighted by Crippen LogP contribution is -2.07. The second-order valence-corrected chi connectivity index (χ2v) is 8.91. The number of benzene rings is 3. The number of hydrogen-bond donors (Lipinski definition) is 1. The molecule has 5 aromatic rings. The van der Waals surface area contributed by atoms with Gasteiger partial charge in [0.25, 0.3) is 0 Å². The average Bonchev–Trinajstić information content (AvgIpc) is 3.19. The smallest absolute Gasteiger partial charge is 0.418 e. The molecular formula is C30H25F3N2O. The molecule has 6 heteroatoms. The molecule has 182 valence electrons. The van der Waals surface area contributed by atoms with E-state index in [9.17, 15) is 13.2 Å². The van der Waals surface area contributed by atoms with Crippen LogP contribution in [0.3, 0.4) is 0 Å². The van der Waals surface area contributed by atoms with Crippen LogP contribution in [0, 0.1) is 13.8 Å². The summed E-state index contributed by atoms with van der Waals surface area (Å²) < 4.78 is 47.2. The summed E-state index contributed by atoms with van der Waals surface area (Å²) in [6, 6.07) is 23.8. The molecule has 1 N–H and O–H groups in total. The monoisotopic (exact) mass is 486 g/mol. The third-order valence-corrected chi connectivity index (χ3v) is 6.35. The van der Waals surface area contributed by atoms with E-state index < -0.39 is 11.7 Å². The van der Waals surface area contributed by atoms with Crippen LogP contribution in [0.15, 0.2) is 89.5 Å². The van der Waals surface area contributed by atoms with Gasteiger partial charge in [0, 0.05) is 17.3 Å². The fourth-order valence-corrected chi connectivity index (χ4v) is 4.49. The molecule has 3 nitrogen and oxygen atoms in total. The first kappa shape index (κ1) is 23.7. The standard InChI is InChI=1S/C30H25F3N2O/c1-19-14-25(36-20(19)2)18-34-24-11-6-10-22(16-24)28-23(15-21-8-4-3-5-9-21)17-35-29-26(28)12-7-13-27(29)30(31,32)33/h3-14,16-17,34H,15,18H2,1-2H3. The lowest BCUT2D eigenvalue weighted by atomic mass is 9.91. The van der Waals surface area contributed by atoms with Crippen molar-refractivity contribution >= 4 is 16.6 Å². The van der Waals surface area contributed by atoms with Gasteiger partial charge in [-0.15, -0.1) is 0 Å². The van der Waals surface area contributed by atoms with E-state index in [-0.39, 0.29) is 5.52 Å². The third kappa shape index (κ3) is 4.85. The van der Waals surface area contributed by atoms with E-state index in [4.69, 9.17) is 4.42 Å². The molecule has 0 aliphatic carbocycles. The lowest BCUT2D eigenvalue weighted by Gasteiger charge is -2.17. The van der Waals surface area contributed by atoms with E-state index in [0.717, 1.165) is 51.1 Å². The molecular weight excluding hydrogens is 461 g/mol. The highest BCUT2D eigenvalue weighted by Crippen LogP contribution is 2.39. The molecule has 5 rings (SSSR count). The number of nitrogens with one attached hydrogen (secondary N) is 1. The quantitative estimate of drug-likeness (QED) is 0.262. The van der Waals surface area contributed by atoms with Crippen LogP contribution < -0.4 is 5.32 Å². The summed E-state index contributed by atoms with van der Waals surface area (Å²) in [5.74, 6) is 1.71. The Morgan fingerprint density at radius 2 is 1.67 bits per heavy atom. The van der Waals surface area contributed by atoms with Crippen LogP contribution in [-0.4, -0.2) is 4.98 Å². The van der Waals surface area contributed by atoms with Crippen LogP contribution in [0.4, 0.5) is 18.9 Å². The van der Waals surface area contributed by atoms with Crippen molar-refractivity contribution in [1.82, 2.24) is 4.98 Å². The molecule has 0 spiro atoms. The lowest BCUT2D eigenvalue weighted by molar-refractivity contribution is -0.136. The summed E-state index contributed by atoms with van der Waals surface area (Å²) in [4.78, 5) is 4.29. The highest BCUT2D eigenvalue weighted by Gasteiger charge is 2.33. The molecule has 0 radical (unpaired) electrons. The van der Waals surface area contributed by atoms with E-state index in [1.807, 2.05) is 74.5 Å². The number of halogens is 3. The molecule has 0 amide bonds. The zero-order valence-electron chi connectivity index (χ0n) is 20.0. The largest absolute Gasteiger partial charge is 0.464 e. The Hall–Kier alpha value is -4.06. The fraction of sp³-hybridized carbons (Fsp3) is 0.167. The molecule has 2 aromatic heterocycles. The minimum Gasteiger partial charge on any atom is -0.464 e. The zero-order chi connectivity index (χ0) is 25.3. The molecule has 0 bridgehead atoms. The van der Waals surface area contributed by atoms with Crippen molar-refractivity contribution in [3.05, 3.63) is 119 Å². The minimum absolute atomic E-state index is 0.0447. The SMILES string of the molecule is Cc1cc(CNc2cccc(-c3c(Cc4ccccc4)cnc4c(C(F)(F)F)cccc34)c2)oc1C. The molecule has 0 aliphatic rings. The van der Waals surface area contributed by atoms with Crippen molar-refractivity contribution in [2.24, 2.45) is 0 Å². The van der Waals surface area contributed by atoms with Gasteiger partial charge in [0.05, 0.1) is 17.6 Å². The predicted octanol–water partition coefficient (Wildman–Crippen LogP) is 8.33.